The molecule has 0 fully saturated rings. The van der Waals surface area contributed by atoms with E-state index in [-0.39, 0.29) is 5.91 Å². The molecule has 1 aromatic heterocycles. The number of rotatable bonds is 4. The number of amides is 1. The quantitative estimate of drug-likeness (QED) is 0.896. The summed E-state index contributed by atoms with van der Waals surface area (Å²) in [6.07, 6.45) is 1.86. The van der Waals surface area contributed by atoms with Gasteiger partial charge in [0, 0.05) is 0 Å². The van der Waals surface area contributed by atoms with Crippen molar-refractivity contribution in [1.29, 1.82) is 0 Å². The molecule has 0 unspecified atom stereocenters. The van der Waals surface area contributed by atoms with E-state index in [2.05, 4.69) is 36.3 Å². The zero-order valence-electron chi connectivity index (χ0n) is 11.8. The highest BCUT2D eigenvalue weighted by Gasteiger charge is 2.06. The van der Waals surface area contributed by atoms with E-state index < -0.39 is 0 Å². The molecule has 0 bridgehead atoms. The predicted molar refractivity (Wildman–Crippen MR) is 81.5 cm³/mol. The van der Waals surface area contributed by atoms with Crippen LogP contribution in [0.2, 0.25) is 0 Å². The number of benzene rings is 1. The molecule has 2 rings (SSSR count). The van der Waals surface area contributed by atoms with Gasteiger partial charge in [-0.1, -0.05) is 38.1 Å². The van der Waals surface area contributed by atoms with Crippen molar-refractivity contribution in [3.63, 3.8) is 0 Å². The second-order valence-corrected chi connectivity index (χ2v) is 5.10. The van der Waals surface area contributed by atoms with Crippen LogP contribution in [0, 0.1) is 0 Å². The average Bonchev–Trinajstić information content (AvgIpc) is 2.42. The summed E-state index contributed by atoms with van der Waals surface area (Å²) < 4.78 is 0. The Morgan fingerprint density at radius 2 is 1.90 bits per heavy atom. The molecule has 0 aliphatic carbocycles. The summed E-state index contributed by atoms with van der Waals surface area (Å²) in [6.45, 7) is 4.29. The normalized spacial score (nSPS) is 10.6. The van der Waals surface area contributed by atoms with E-state index >= 15 is 0 Å². The Morgan fingerprint density at radius 1 is 1.20 bits per heavy atom. The van der Waals surface area contributed by atoms with Gasteiger partial charge < -0.3 is 11.1 Å². The standard InChI is InChI=1S/C16H19N3O/c1-11(2)13-5-3-12(4-6-13)9-16(20)19-15-8-7-14(17)10-18-15/h3-8,10-11H,9,17H2,1-2H3,(H,18,19,20). The third-order valence-corrected chi connectivity index (χ3v) is 3.06. The van der Waals surface area contributed by atoms with E-state index in [0.717, 1.165) is 5.56 Å². The molecule has 0 saturated heterocycles. The number of nitrogens with two attached hydrogens (primary N) is 1. The Kier molecular flexibility index (Phi) is 4.35. The lowest BCUT2D eigenvalue weighted by molar-refractivity contribution is -0.115. The summed E-state index contributed by atoms with van der Waals surface area (Å²) in [4.78, 5) is 15.9. The van der Waals surface area contributed by atoms with Gasteiger partial charge in [-0.15, -0.1) is 0 Å². The zero-order valence-corrected chi connectivity index (χ0v) is 11.8. The monoisotopic (exact) mass is 269 g/mol. The maximum absolute atomic E-state index is 11.9. The van der Waals surface area contributed by atoms with E-state index in [9.17, 15) is 4.79 Å². The van der Waals surface area contributed by atoms with Crippen LogP contribution in [0.3, 0.4) is 0 Å². The molecule has 1 heterocycles. The summed E-state index contributed by atoms with van der Waals surface area (Å²) in [5, 5.41) is 2.75. The van der Waals surface area contributed by atoms with Gasteiger partial charge in [-0.3, -0.25) is 4.79 Å². The van der Waals surface area contributed by atoms with Crippen LogP contribution in [0.4, 0.5) is 11.5 Å². The molecule has 3 N–H and O–H groups in total. The van der Waals surface area contributed by atoms with Crippen molar-refractivity contribution < 1.29 is 4.79 Å². The van der Waals surface area contributed by atoms with Crippen molar-refractivity contribution >= 4 is 17.4 Å². The zero-order chi connectivity index (χ0) is 14.5. The summed E-state index contributed by atoms with van der Waals surface area (Å²) in [6, 6.07) is 11.5. The van der Waals surface area contributed by atoms with Crippen molar-refractivity contribution in [2.24, 2.45) is 0 Å². The van der Waals surface area contributed by atoms with Gasteiger partial charge in [0.25, 0.3) is 0 Å². The lowest BCUT2D eigenvalue weighted by Crippen LogP contribution is -2.15. The Hall–Kier alpha value is -2.36. The molecule has 1 amide bonds. The molecule has 104 valence electrons. The minimum absolute atomic E-state index is 0.0837. The Morgan fingerprint density at radius 3 is 2.45 bits per heavy atom. The van der Waals surface area contributed by atoms with E-state index in [0.29, 0.717) is 23.8 Å². The van der Waals surface area contributed by atoms with Gasteiger partial charge in [-0.2, -0.15) is 0 Å². The maximum atomic E-state index is 11.9. The number of aromatic nitrogens is 1. The first-order valence-corrected chi connectivity index (χ1v) is 6.65. The first-order valence-electron chi connectivity index (χ1n) is 6.65. The van der Waals surface area contributed by atoms with Crippen molar-refractivity contribution in [3.8, 4) is 0 Å². The van der Waals surface area contributed by atoms with Crippen molar-refractivity contribution in [3.05, 3.63) is 53.7 Å². The molecule has 1 aromatic carbocycles. The number of anilines is 2. The van der Waals surface area contributed by atoms with Gasteiger partial charge in [0.05, 0.1) is 18.3 Å². The van der Waals surface area contributed by atoms with Crippen LogP contribution in [0.5, 0.6) is 0 Å². The van der Waals surface area contributed by atoms with Gasteiger partial charge in [0.15, 0.2) is 0 Å². The fraction of sp³-hybridized carbons (Fsp3) is 0.250. The Labute approximate surface area is 119 Å². The minimum Gasteiger partial charge on any atom is -0.397 e. The van der Waals surface area contributed by atoms with E-state index in [1.807, 2.05) is 12.1 Å². The molecule has 0 radical (unpaired) electrons. The number of carbonyl (C=O) groups is 1. The number of nitrogen functional groups attached to an aromatic ring is 1. The lowest BCUT2D eigenvalue weighted by atomic mass is 10.0. The lowest BCUT2D eigenvalue weighted by Gasteiger charge is -2.07. The highest BCUT2D eigenvalue weighted by molar-refractivity contribution is 5.91. The number of nitrogens with zero attached hydrogens (tertiary/aromatic N) is 1. The van der Waals surface area contributed by atoms with Gasteiger partial charge in [0.1, 0.15) is 5.82 Å². The average molecular weight is 269 g/mol. The summed E-state index contributed by atoms with van der Waals surface area (Å²) >= 11 is 0. The molecule has 20 heavy (non-hydrogen) atoms. The Bertz CT molecular complexity index is 574. The van der Waals surface area contributed by atoms with E-state index in [4.69, 9.17) is 5.73 Å². The van der Waals surface area contributed by atoms with Gasteiger partial charge in [0.2, 0.25) is 5.91 Å². The number of hydrogen-bond donors (Lipinski definition) is 2. The first-order chi connectivity index (χ1) is 9.54. The molecule has 4 heteroatoms. The number of nitrogens with one attached hydrogen (secondary N) is 1. The molecule has 0 spiro atoms. The maximum Gasteiger partial charge on any atom is 0.229 e. The number of pyridine rings is 1. The topological polar surface area (TPSA) is 68.0 Å². The first kappa shape index (κ1) is 14.1. The van der Waals surface area contributed by atoms with E-state index in [1.165, 1.54) is 11.8 Å². The third kappa shape index (κ3) is 3.82. The molecule has 0 aliphatic rings. The van der Waals surface area contributed by atoms with Crippen LogP contribution in [0.1, 0.15) is 30.9 Å². The fourth-order valence-electron chi connectivity index (χ4n) is 1.87. The summed E-state index contributed by atoms with van der Waals surface area (Å²) in [5.41, 5.74) is 8.38. The van der Waals surface area contributed by atoms with Crippen molar-refractivity contribution in [2.75, 3.05) is 11.1 Å². The highest BCUT2D eigenvalue weighted by Crippen LogP contribution is 2.15. The summed E-state index contributed by atoms with van der Waals surface area (Å²) in [7, 11) is 0. The summed E-state index contributed by atoms with van der Waals surface area (Å²) in [5.74, 6) is 0.930. The van der Waals surface area contributed by atoms with Crippen LogP contribution < -0.4 is 11.1 Å². The fourth-order valence-corrected chi connectivity index (χ4v) is 1.87. The molecule has 4 nitrogen and oxygen atoms in total. The largest absolute Gasteiger partial charge is 0.397 e. The van der Waals surface area contributed by atoms with Crippen LogP contribution in [-0.4, -0.2) is 10.9 Å². The SMILES string of the molecule is CC(C)c1ccc(CC(=O)Nc2ccc(N)cn2)cc1. The smallest absolute Gasteiger partial charge is 0.229 e. The third-order valence-electron chi connectivity index (χ3n) is 3.06. The molecule has 2 aromatic rings. The molecular formula is C16H19N3O. The second-order valence-electron chi connectivity index (χ2n) is 5.10. The van der Waals surface area contributed by atoms with Crippen molar-refractivity contribution in [2.45, 2.75) is 26.2 Å². The van der Waals surface area contributed by atoms with Gasteiger partial charge >= 0.3 is 0 Å². The molecular weight excluding hydrogens is 250 g/mol. The Balaban J connectivity index is 1.95. The highest BCUT2D eigenvalue weighted by atomic mass is 16.1. The minimum atomic E-state index is -0.0837. The van der Waals surface area contributed by atoms with E-state index in [1.54, 1.807) is 12.1 Å². The van der Waals surface area contributed by atoms with Gasteiger partial charge in [-0.25, -0.2) is 4.98 Å². The molecule has 0 saturated carbocycles. The molecule has 0 aliphatic heterocycles. The van der Waals surface area contributed by atoms with Crippen LogP contribution in [-0.2, 0) is 11.2 Å². The second kappa shape index (κ2) is 6.19. The van der Waals surface area contributed by atoms with Crippen LogP contribution >= 0.6 is 0 Å². The molecule has 0 atom stereocenters. The van der Waals surface area contributed by atoms with Crippen LogP contribution in [0.25, 0.3) is 0 Å². The van der Waals surface area contributed by atoms with Crippen molar-refractivity contribution in [1.82, 2.24) is 4.98 Å². The van der Waals surface area contributed by atoms with Crippen LogP contribution in [0.15, 0.2) is 42.6 Å². The van der Waals surface area contributed by atoms with Gasteiger partial charge in [-0.05, 0) is 29.2 Å². The number of carbonyl (C=O) groups excluding carboxylic acids is 1. The number of hydrogen-bond acceptors (Lipinski definition) is 3. The predicted octanol–water partition coefficient (Wildman–Crippen LogP) is 2.97.